The molecule has 1 aromatic rings. The third kappa shape index (κ3) is 4.80. The fourth-order valence-corrected chi connectivity index (χ4v) is 1.99. The van der Waals surface area contributed by atoms with Crippen molar-refractivity contribution < 1.29 is 9.53 Å². The summed E-state index contributed by atoms with van der Waals surface area (Å²) in [7, 11) is 0. The van der Waals surface area contributed by atoms with Crippen molar-refractivity contribution in [2.45, 2.75) is 38.7 Å². The Morgan fingerprint density at radius 2 is 1.95 bits per heavy atom. The van der Waals surface area contributed by atoms with Crippen molar-refractivity contribution in [3.8, 4) is 12.3 Å². The molecule has 1 atom stereocenters. The van der Waals surface area contributed by atoms with E-state index in [1.807, 2.05) is 52.0 Å². The number of benzene rings is 1. The molecule has 0 spiro atoms. The van der Waals surface area contributed by atoms with E-state index in [2.05, 4.69) is 11.2 Å². The van der Waals surface area contributed by atoms with Crippen molar-refractivity contribution in [3.63, 3.8) is 0 Å². The molecule has 0 aromatic heterocycles. The molecule has 0 aliphatic carbocycles. The van der Waals surface area contributed by atoms with E-state index in [-0.39, 0.29) is 0 Å². The van der Waals surface area contributed by atoms with Crippen LogP contribution in [0, 0.1) is 12.3 Å². The van der Waals surface area contributed by atoms with Crippen LogP contribution in [0.5, 0.6) is 0 Å². The molecule has 114 valence electrons. The summed E-state index contributed by atoms with van der Waals surface area (Å²) in [6, 6.07) is 7.62. The van der Waals surface area contributed by atoms with Gasteiger partial charge in [-0.05, 0) is 32.4 Å². The number of nitrogens with two attached hydrogens (primary N) is 1. The van der Waals surface area contributed by atoms with Crippen molar-refractivity contribution in [3.05, 3.63) is 35.4 Å². The van der Waals surface area contributed by atoms with E-state index >= 15 is 0 Å². The second-order valence-corrected chi connectivity index (χ2v) is 6.31. The minimum absolute atomic E-state index is 0.358. The van der Waals surface area contributed by atoms with E-state index in [0.29, 0.717) is 13.1 Å². The van der Waals surface area contributed by atoms with Gasteiger partial charge in [0.2, 0.25) is 0 Å². The SMILES string of the molecule is C#Cc1ccccc1C(C)(CN)CNC(=O)OC(C)(C)C. The normalized spacial score (nSPS) is 13.9. The van der Waals surface area contributed by atoms with Gasteiger partial charge in [-0.15, -0.1) is 6.42 Å². The number of nitrogens with one attached hydrogen (secondary N) is 1. The average Bonchev–Trinajstić information content (AvgIpc) is 2.43. The molecule has 1 rings (SSSR count). The Morgan fingerprint density at radius 3 is 2.48 bits per heavy atom. The molecule has 0 fully saturated rings. The van der Waals surface area contributed by atoms with Crippen LogP contribution in [0.1, 0.15) is 38.8 Å². The number of alkyl carbamates (subject to hydrolysis) is 1. The summed E-state index contributed by atoms with van der Waals surface area (Å²) in [5.41, 5.74) is 6.68. The zero-order valence-corrected chi connectivity index (χ0v) is 13.2. The van der Waals surface area contributed by atoms with Crippen LogP contribution in [0.25, 0.3) is 0 Å². The zero-order chi connectivity index (χ0) is 16.1. The van der Waals surface area contributed by atoms with E-state index in [4.69, 9.17) is 16.9 Å². The Kier molecular flexibility index (Phi) is 5.40. The topological polar surface area (TPSA) is 64.3 Å². The summed E-state index contributed by atoms with van der Waals surface area (Å²) in [6.45, 7) is 8.16. The van der Waals surface area contributed by atoms with Crippen LogP contribution in [0.2, 0.25) is 0 Å². The maximum atomic E-state index is 11.8. The molecule has 21 heavy (non-hydrogen) atoms. The quantitative estimate of drug-likeness (QED) is 0.836. The van der Waals surface area contributed by atoms with Crippen LogP contribution in [-0.4, -0.2) is 24.8 Å². The van der Waals surface area contributed by atoms with Gasteiger partial charge in [0, 0.05) is 24.1 Å². The van der Waals surface area contributed by atoms with Crippen LogP contribution >= 0.6 is 0 Å². The lowest BCUT2D eigenvalue weighted by atomic mass is 9.80. The number of hydrogen-bond acceptors (Lipinski definition) is 3. The number of carbonyl (C=O) groups is 1. The Hall–Kier alpha value is -1.99. The van der Waals surface area contributed by atoms with Crippen molar-refractivity contribution >= 4 is 6.09 Å². The summed E-state index contributed by atoms with van der Waals surface area (Å²) >= 11 is 0. The number of rotatable bonds is 4. The van der Waals surface area contributed by atoms with Gasteiger partial charge in [0.15, 0.2) is 0 Å². The molecule has 0 bridgehead atoms. The Morgan fingerprint density at radius 1 is 1.33 bits per heavy atom. The predicted octanol–water partition coefficient (Wildman–Crippen LogP) is 2.41. The van der Waals surface area contributed by atoms with Crippen molar-refractivity contribution in [2.75, 3.05) is 13.1 Å². The summed E-state index contributed by atoms with van der Waals surface area (Å²) in [5, 5.41) is 2.77. The fourth-order valence-electron chi connectivity index (χ4n) is 1.99. The largest absolute Gasteiger partial charge is 0.444 e. The third-order valence-corrected chi connectivity index (χ3v) is 3.21. The fraction of sp³-hybridized carbons (Fsp3) is 0.471. The van der Waals surface area contributed by atoms with Crippen LogP contribution in [0.4, 0.5) is 4.79 Å². The van der Waals surface area contributed by atoms with Gasteiger partial charge in [-0.1, -0.05) is 31.0 Å². The van der Waals surface area contributed by atoms with Crippen LogP contribution in [0.3, 0.4) is 0 Å². The van der Waals surface area contributed by atoms with Crippen molar-refractivity contribution in [2.24, 2.45) is 5.73 Å². The Bertz CT molecular complexity index is 540. The highest BCUT2D eigenvalue weighted by Crippen LogP contribution is 2.25. The second-order valence-electron chi connectivity index (χ2n) is 6.31. The first-order valence-electron chi connectivity index (χ1n) is 6.95. The zero-order valence-electron chi connectivity index (χ0n) is 13.2. The highest BCUT2D eigenvalue weighted by atomic mass is 16.6. The van der Waals surface area contributed by atoms with Crippen molar-refractivity contribution in [1.29, 1.82) is 0 Å². The van der Waals surface area contributed by atoms with Crippen molar-refractivity contribution in [1.82, 2.24) is 5.32 Å². The molecular formula is C17H24N2O2. The van der Waals surface area contributed by atoms with Gasteiger partial charge in [0.1, 0.15) is 5.60 Å². The molecule has 3 N–H and O–H groups in total. The van der Waals surface area contributed by atoms with E-state index in [1.165, 1.54) is 0 Å². The monoisotopic (exact) mass is 288 g/mol. The van der Waals surface area contributed by atoms with E-state index in [0.717, 1.165) is 11.1 Å². The smallest absolute Gasteiger partial charge is 0.407 e. The standard InChI is InChI=1S/C17H24N2O2/c1-6-13-9-7-8-10-14(13)17(5,11-18)12-19-15(20)21-16(2,3)4/h1,7-10H,11-12,18H2,2-5H3,(H,19,20). The minimum Gasteiger partial charge on any atom is -0.444 e. The molecule has 0 saturated heterocycles. The molecule has 1 unspecified atom stereocenters. The van der Waals surface area contributed by atoms with Crippen LogP contribution in [-0.2, 0) is 10.2 Å². The third-order valence-electron chi connectivity index (χ3n) is 3.21. The highest BCUT2D eigenvalue weighted by molar-refractivity contribution is 5.68. The molecule has 0 aliphatic heterocycles. The number of amides is 1. The van der Waals surface area contributed by atoms with Gasteiger partial charge in [-0.3, -0.25) is 0 Å². The second kappa shape index (κ2) is 6.64. The van der Waals surface area contributed by atoms with Gasteiger partial charge < -0.3 is 15.8 Å². The van der Waals surface area contributed by atoms with Crippen LogP contribution < -0.4 is 11.1 Å². The molecule has 0 heterocycles. The van der Waals surface area contributed by atoms with E-state index < -0.39 is 17.1 Å². The van der Waals surface area contributed by atoms with Gasteiger partial charge >= 0.3 is 6.09 Å². The van der Waals surface area contributed by atoms with Crippen LogP contribution in [0.15, 0.2) is 24.3 Å². The van der Waals surface area contributed by atoms with Gasteiger partial charge in [-0.2, -0.15) is 0 Å². The lowest BCUT2D eigenvalue weighted by molar-refractivity contribution is 0.0516. The van der Waals surface area contributed by atoms with Gasteiger partial charge in [-0.25, -0.2) is 4.79 Å². The summed E-state index contributed by atoms with van der Waals surface area (Å²) in [4.78, 5) is 11.8. The molecule has 4 heteroatoms. The maximum Gasteiger partial charge on any atom is 0.407 e. The summed E-state index contributed by atoms with van der Waals surface area (Å²) in [6.07, 6.45) is 5.08. The summed E-state index contributed by atoms with van der Waals surface area (Å²) < 4.78 is 5.24. The molecular weight excluding hydrogens is 264 g/mol. The molecule has 4 nitrogen and oxygen atoms in total. The first-order valence-corrected chi connectivity index (χ1v) is 6.95. The maximum absolute atomic E-state index is 11.8. The minimum atomic E-state index is -0.528. The lowest BCUT2D eigenvalue weighted by Crippen LogP contribution is -2.45. The number of carbonyl (C=O) groups excluding carboxylic acids is 1. The first kappa shape index (κ1) is 17.1. The average molecular weight is 288 g/mol. The number of ether oxygens (including phenoxy) is 1. The molecule has 1 amide bonds. The first-order chi connectivity index (χ1) is 9.72. The molecule has 0 aliphatic rings. The van der Waals surface area contributed by atoms with E-state index in [9.17, 15) is 4.79 Å². The van der Waals surface area contributed by atoms with Gasteiger partial charge in [0.25, 0.3) is 0 Å². The molecule has 0 radical (unpaired) electrons. The lowest BCUT2D eigenvalue weighted by Gasteiger charge is -2.30. The number of terminal acetylenes is 1. The van der Waals surface area contributed by atoms with E-state index in [1.54, 1.807) is 0 Å². The summed E-state index contributed by atoms with van der Waals surface area (Å²) in [5.74, 6) is 2.66. The highest BCUT2D eigenvalue weighted by Gasteiger charge is 2.28. The predicted molar refractivity (Wildman–Crippen MR) is 85.0 cm³/mol. The number of hydrogen-bond donors (Lipinski definition) is 2. The van der Waals surface area contributed by atoms with Gasteiger partial charge in [0.05, 0.1) is 0 Å². The molecule has 1 aromatic carbocycles. The Balaban J connectivity index is 2.87. The molecule has 0 saturated carbocycles. The Labute approximate surface area is 127 Å².